The molecule has 0 aromatic heterocycles. The second-order valence-electron chi connectivity index (χ2n) is 4.59. The summed E-state index contributed by atoms with van der Waals surface area (Å²) in [5, 5.41) is 7.74. The van der Waals surface area contributed by atoms with Crippen molar-refractivity contribution in [3.8, 4) is 0 Å². The molecule has 0 fully saturated rings. The third-order valence-electron chi connectivity index (χ3n) is 2.93. The first kappa shape index (κ1) is 15.2. The Bertz CT molecular complexity index is 443. The Hall–Kier alpha value is -1.88. The van der Waals surface area contributed by atoms with Crippen LogP contribution in [0.5, 0.6) is 0 Å². The molecule has 3 N–H and O–H groups in total. The van der Waals surface area contributed by atoms with Crippen LogP contribution in [0.15, 0.2) is 24.3 Å². The van der Waals surface area contributed by atoms with E-state index in [1.54, 1.807) is 6.92 Å². The highest BCUT2D eigenvalue weighted by Gasteiger charge is 2.17. The first-order valence-corrected chi connectivity index (χ1v) is 6.29. The molecule has 0 aliphatic heterocycles. The average molecular weight is 263 g/mol. The van der Waals surface area contributed by atoms with Crippen molar-refractivity contribution in [1.82, 2.24) is 16.0 Å². The molecule has 104 valence electrons. The van der Waals surface area contributed by atoms with E-state index in [-0.39, 0.29) is 11.9 Å². The number of aryl methyl sites for hydroxylation is 1. The van der Waals surface area contributed by atoms with Gasteiger partial charge in [-0.3, -0.25) is 15.4 Å². The summed E-state index contributed by atoms with van der Waals surface area (Å²) < 4.78 is 0. The fourth-order valence-corrected chi connectivity index (χ4v) is 1.68. The molecule has 0 saturated heterocycles. The van der Waals surface area contributed by atoms with Gasteiger partial charge in [-0.2, -0.15) is 0 Å². The third kappa shape index (κ3) is 4.71. The standard InChI is InChI=1S/C14H21N3O2/c1-9-5-7-12(8-6-9)10(2)16-11(3)13(18)17-14(19)15-4/h5-8,10-11,16H,1-4H3,(H2,15,17,18,19). The highest BCUT2D eigenvalue weighted by atomic mass is 16.2. The minimum atomic E-state index is -0.498. The van der Waals surface area contributed by atoms with E-state index in [1.165, 1.54) is 12.6 Å². The molecular weight excluding hydrogens is 242 g/mol. The molecule has 1 aromatic rings. The van der Waals surface area contributed by atoms with Crippen LogP contribution in [0.4, 0.5) is 4.79 Å². The molecule has 1 aromatic carbocycles. The van der Waals surface area contributed by atoms with E-state index in [0.29, 0.717) is 0 Å². The van der Waals surface area contributed by atoms with Gasteiger partial charge < -0.3 is 5.32 Å². The lowest BCUT2D eigenvalue weighted by atomic mass is 10.1. The lowest BCUT2D eigenvalue weighted by Crippen LogP contribution is -2.47. The van der Waals surface area contributed by atoms with Crippen molar-refractivity contribution in [2.24, 2.45) is 0 Å². The first-order chi connectivity index (χ1) is 8.93. The maximum absolute atomic E-state index is 11.7. The van der Waals surface area contributed by atoms with Crippen LogP contribution in [0.3, 0.4) is 0 Å². The van der Waals surface area contributed by atoms with Gasteiger partial charge in [-0.1, -0.05) is 29.8 Å². The smallest absolute Gasteiger partial charge is 0.321 e. The summed E-state index contributed by atoms with van der Waals surface area (Å²) in [5.74, 6) is -0.349. The van der Waals surface area contributed by atoms with Gasteiger partial charge in [0.1, 0.15) is 0 Å². The van der Waals surface area contributed by atoms with Crippen molar-refractivity contribution in [3.63, 3.8) is 0 Å². The molecule has 5 nitrogen and oxygen atoms in total. The highest BCUT2D eigenvalue weighted by Crippen LogP contribution is 2.13. The molecule has 1 rings (SSSR count). The maximum atomic E-state index is 11.7. The zero-order valence-corrected chi connectivity index (χ0v) is 11.8. The fraction of sp³-hybridized carbons (Fsp3) is 0.429. The normalized spacial score (nSPS) is 13.5. The van der Waals surface area contributed by atoms with Crippen LogP contribution < -0.4 is 16.0 Å². The van der Waals surface area contributed by atoms with E-state index in [4.69, 9.17) is 0 Å². The van der Waals surface area contributed by atoms with E-state index in [9.17, 15) is 9.59 Å². The van der Waals surface area contributed by atoms with Gasteiger partial charge in [0.2, 0.25) is 5.91 Å². The van der Waals surface area contributed by atoms with Gasteiger partial charge in [-0.15, -0.1) is 0 Å². The topological polar surface area (TPSA) is 70.2 Å². The van der Waals surface area contributed by atoms with E-state index in [0.717, 1.165) is 5.56 Å². The van der Waals surface area contributed by atoms with Gasteiger partial charge >= 0.3 is 6.03 Å². The Balaban J connectivity index is 2.56. The predicted octanol–water partition coefficient (Wildman–Crippen LogP) is 1.49. The number of hydrogen-bond donors (Lipinski definition) is 3. The van der Waals surface area contributed by atoms with Crippen molar-refractivity contribution in [2.75, 3.05) is 7.05 Å². The molecule has 0 radical (unpaired) electrons. The minimum absolute atomic E-state index is 0.0334. The number of rotatable bonds is 4. The SMILES string of the molecule is CNC(=O)NC(=O)C(C)NC(C)c1ccc(C)cc1. The van der Waals surface area contributed by atoms with Crippen LogP contribution in [0.1, 0.15) is 31.0 Å². The quantitative estimate of drug-likeness (QED) is 0.771. The summed E-state index contributed by atoms with van der Waals surface area (Å²) in [6.07, 6.45) is 0. The predicted molar refractivity (Wildman–Crippen MR) is 74.8 cm³/mol. The molecule has 19 heavy (non-hydrogen) atoms. The Labute approximate surface area is 113 Å². The lowest BCUT2D eigenvalue weighted by Gasteiger charge is -2.19. The molecule has 0 aliphatic rings. The number of carbonyl (C=O) groups is 2. The second-order valence-corrected chi connectivity index (χ2v) is 4.59. The Morgan fingerprint density at radius 3 is 2.21 bits per heavy atom. The van der Waals surface area contributed by atoms with Gasteiger partial charge in [-0.25, -0.2) is 4.79 Å². The summed E-state index contributed by atoms with van der Waals surface area (Å²) in [4.78, 5) is 22.7. The van der Waals surface area contributed by atoms with Gasteiger partial charge in [0.15, 0.2) is 0 Å². The summed E-state index contributed by atoms with van der Waals surface area (Å²) in [5.41, 5.74) is 2.30. The molecule has 0 heterocycles. The fourth-order valence-electron chi connectivity index (χ4n) is 1.68. The summed E-state index contributed by atoms with van der Waals surface area (Å²) >= 11 is 0. The molecule has 2 unspecified atom stereocenters. The Morgan fingerprint density at radius 2 is 1.68 bits per heavy atom. The van der Waals surface area contributed by atoms with Crippen LogP contribution in [0, 0.1) is 6.92 Å². The minimum Gasteiger partial charge on any atom is -0.341 e. The van der Waals surface area contributed by atoms with Crippen LogP contribution in [0.25, 0.3) is 0 Å². The van der Waals surface area contributed by atoms with Crippen molar-refractivity contribution >= 4 is 11.9 Å². The lowest BCUT2D eigenvalue weighted by molar-refractivity contribution is -0.121. The Morgan fingerprint density at radius 1 is 1.11 bits per heavy atom. The third-order valence-corrected chi connectivity index (χ3v) is 2.93. The van der Waals surface area contributed by atoms with Crippen LogP contribution in [-0.4, -0.2) is 25.0 Å². The van der Waals surface area contributed by atoms with Crippen LogP contribution in [0.2, 0.25) is 0 Å². The van der Waals surface area contributed by atoms with Gasteiger partial charge in [0.05, 0.1) is 6.04 Å². The van der Waals surface area contributed by atoms with E-state index < -0.39 is 12.1 Å². The first-order valence-electron chi connectivity index (χ1n) is 6.29. The number of nitrogens with one attached hydrogen (secondary N) is 3. The molecule has 0 aliphatic carbocycles. The zero-order chi connectivity index (χ0) is 14.4. The van der Waals surface area contributed by atoms with E-state index in [2.05, 4.69) is 16.0 Å². The highest BCUT2D eigenvalue weighted by molar-refractivity contribution is 5.96. The summed E-state index contributed by atoms with van der Waals surface area (Å²) in [7, 11) is 1.47. The second kappa shape index (κ2) is 6.89. The number of imide groups is 1. The van der Waals surface area contributed by atoms with Crippen molar-refractivity contribution in [1.29, 1.82) is 0 Å². The van der Waals surface area contributed by atoms with Gasteiger partial charge in [0.25, 0.3) is 0 Å². The maximum Gasteiger partial charge on any atom is 0.321 e. The largest absolute Gasteiger partial charge is 0.341 e. The average Bonchev–Trinajstić information content (AvgIpc) is 2.38. The van der Waals surface area contributed by atoms with Crippen LogP contribution in [-0.2, 0) is 4.79 Å². The van der Waals surface area contributed by atoms with Crippen molar-refractivity contribution in [2.45, 2.75) is 32.9 Å². The zero-order valence-electron chi connectivity index (χ0n) is 11.8. The molecule has 3 amide bonds. The molecule has 0 saturated carbocycles. The summed E-state index contributed by atoms with van der Waals surface area (Å²) in [6, 6.07) is 7.19. The number of benzene rings is 1. The van der Waals surface area contributed by atoms with Gasteiger partial charge in [-0.05, 0) is 26.3 Å². The molecule has 2 atom stereocenters. The molecule has 5 heteroatoms. The number of hydrogen-bond acceptors (Lipinski definition) is 3. The molecular formula is C14H21N3O2. The molecule has 0 spiro atoms. The number of urea groups is 1. The number of amides is 3. The Kier molecular flexibility index (Phi) is 5.51. The van der Waals surface area contributed by atoms with E-state index in [1.807, 2.05) is 38.1 Å². The van der Waals surface area contributed by atoms with Gasteiger partial charge in [0, 0.05) is 13.1 Å². The van der Waals surface area contributed by atoms with Crippen LogP contribution >= 0.6 is 0 Å². The summed E-state index contributed by atoms with van der Waals surface area (Å²) in [6.45, 7) is 5.73. The van der Waals surface area contributed by atoms with Crippen molar-refractivity contribution < 1.29 is 9.59 Å². The van der Waals surface area contributed by atoms with E-state index >= 15 is 0 Å². The molecule has 0 bridgehead atoms. The number of carbonyl (C=O) groups excluding carboxylic acids is 2. The monoisotopic (exact) mass is 263 g/mol. The van der Waals surface area contributed by atoms with Crippen molar-refractivity contribution in [3.05, 3.63) is 35.4 Å².